The van der Waals surface area contributed by atoms with Gasteiger partial charge in [-0.2, -0.15) is 0 Å². The van der Waals surface area contributed by atoms with Crippen LogP contribution in [0.15, 0.2) is 0 Å². The van der Waals surface area contributed by atoms with E-state index >= 15 is 0 Å². The molecule has 2 atom stereocenters. The number of hydrogen-bond donors (Lipinski definition) is 3. The summed E-state index contributed by atoms with van der Waals surface area (Å²) in [6, 6.07) is 0.0785. The van der Waals surface area contributed by atoms with E-state index in [2.05, 4.69) is 16.0 Å². The predicted molar refractivity (Wildman–Crippen MR) is 77.2 cm³/mol. The van der Waals surface area contributed by atoms with Crippen LogP contribution in [0.2, 0.25) is 0 Å². The summed E-state index contributed by atoms with van der Waals surface area (Å²) >= 11 is 0. The van der Waals surface area contributed by atoms with Crippen LogP contribution in [-0.2, 0) is 14.3 Å². The Labute approximate surface area is 121 Å². The summed E-state index contributed by atoms with van der Waals surface area (Å²) in [4.78, 5) is 23.5. The van der Waals surface area contributed by atoms with Gasteiger partial charge in [-0.25, -0.2) is 0 Å². The molecule has 20 heavy (non-hydrogen) atoms. The molecule has 1 fully saturated rings. The van der Waals surface area contributed by atoms with Crippen LogP contribution >= 0.6 is 0 Å². The van der Waals surface area contributed by atoms with Gasteiger partial charge < -0.3 is 20.7 Å². The highest BCUT2D eigenvalue weighted by Crippen LogP contribution is 2.13. The fraction of sp³-hybridized carbons (Fsp3) is 0.857. The number of carbonyl (C=O) groups excluding carboxylic acids is 2. The number of rotatable bonds is 8. The molecule has 0 radical (unpaired) electrons. The lowest BCUT2D eigenvalue weighted by atomic mass is 10.0. The first-order valence-corrected chi connectivity index (χ1v) is 7.40. The summed E-state index contributed by atoms with van der Waals surface area (Å²) in [6.45, 7) is 8.97. The van der Waals surface area contributed by atoms with Gasteiger partial charge in [0.1, 0.15) is 0 Å². The Morgan fingerprint density at radius 2 is 2.00 bits per heavy atom. The minimum atomic E-state index is -0.159. The molecule has 0 aromatic heterocycles. The van der Waals surface area contributed by atoms with Gasteiger partial charge in [0.05, 0.1) is 19.1 Å². The van der Waals surface area contributed by atoms with Gasteiger partial charge in [-0.05, 0) is 12.5 Å². The van der Waals surface area contributed by atoms with Gasteiger partial charge in [0, 0.05) is 25.6 Å². The van der Waals surface area contributed by atoms with E-state index in [0.717, 1.165) is 6.54 Å². The predicted octanol–water partition coefficient (Wildman–Crippen LogP) is -0.111. The zero-order valence-electron chi connectivity index (χ0n) is 12.7. The standard InChI is InChI=1S/C14H27N3O3/c1-4-15-12-9-20-8-11(12)14(19)16-6-5-13(18)17-7-10(2)3/h10-12,15H,4-9H2,1-3H3,(H,16,19)(H,17,18). The number of carbonyl (C=O) groups is 2. The van der Waals surface area contributed by atoms with Gasteiger partial charge in [-0.1, -0.05) is 20.8 Å². The van der Waals surface area contributed by atoms with Crippen LogP contribution in [0.25, 0.3) is 0 Å². The largest absolute Gasteiger partial charge is 0.379 e. The molecule has 1 rings (SSSR count). The van der Waals surface area contributed by atoms with Crippen molar-refractivity contribution in [3.63, 3.8) is 0 Å². The lowest BCUT2D eigenvalue weighted by Gasteiger charge is -2.17. The van der Waals surface area contributed by atoms with Crippen LogP contribution in [0.3, 0.4) is 0 Å². The molecule has 2 unspecified atom stereocenters. The molecule has 0 aromatic carbocycles. The Morgan fingerprint density at radius 1 is 1.25 bits per heavy atom. The zero-order valence-corrected chi connectivity index (χ0v) is 12.7. The van der Waals surface area contributed by atoms with Gasteiger partial charge in [-0.15, -0.1) is 0 Å². The van der Waals surface area contributed by atoms with Crippen molar-refractivity contribution in [3.8, 4) is 0 Å². The number of ether oxygens (including phenoxy) is 1. The number of nitrogens with one attached hydrogen (secondary N) is 3. The molecule has 116 valence electrons. The maximum absolute atomic E-state index is 12.0. The van der Waals surface area contributed by atoms with Crippen molar-refractivity contribution < 1.29 is 14.3 Å². The number of hydrogen-bond acceptors (Lipinski definition) is 4. The monoisotopic (exact) mass is 285 g/mol. The smallest absolute Gasteiger partial charge is 0.227 e. The Hall–Kier alpha value is -1.14. The molecule has 0 spiro atoms. The summed E-state index contributed by atoms with van der Waals surface area (Å²) in [5.41, 5.74) is 0. The molecule has 0 saturated carbocycles. The first kappa shape index (κ1) is 16.9. The van der Waals surface area contributed by atoms with Gasteiger partial charge in [0.2, 0.25) is 11.8 Å². The van der Waals surface area contributed by atoms with Crippen molar-refractivity contribution in [2.24, 2.45) is 11.8 Å². The SMILES string of the molecule is CCNC1COCC1C(=O)NCCC(=O)NCC(C)C. The van der Waals surface area contributed by atoms with Crippen molar-refractivity contribution in [1.29, 1.82) is 0 Å². The number of amides is 2. The molecule has 3 N–H and O–H groups in total. The van der Waals surface area contributed by atoms with Gasteiger partial charge in [-0.3, -0.25) is 9.59 Å². The lowest BCUT2D eigenvalue weighted by Crippen LogP contribution is -2.44. The van der Waals surface area contributed by atoms with Crippen molar-refractivity contribution in [2.45, 2.75) is 33.2 Å². The summed E-state index contributed by atoms with van der Waals surface area (Å²) < 4.78 is 5.33. The second-order valence-electron chi connectivity index (χ2n) is 5.55. The molecular weight excluding hydrogens is 258 g/mol. The lowest BCUT2D eigenvalue weighted by molar-refractivity contribution is -0.125. The summed E-state index contributed by atoms with van der Waals surface area (Å²) in [6.07, 6.45) is 0.317. The van der Waals surface area contributed by atoms with E-state index in [4.69, 9.17) is 4.74 Å². The highest BCUT2D eigenvalue weighted by atomic mass is 16.5. The molecule has 1 saturated heterocycles. The van der Waals surface area contributed by atoms with Crippen LogP contribution in [0.4, 0.5) is 0 Å². The fourth-order valence-electron chi connectivity index (χ4n) is 2.11. The first-order valence-electron chi connectivity index (χ1n) is 7.40. The maximum atomic E-state index is 12.0. The zero-order chi connectivity index (χ0) is 15.0. The minimum absolute atomic E-state index is 0.0232. The molecular formula is C14H27N3O3. The van der Waals surface area contributed by atoms with E-state index in [1.807, 2.05) is 20.8 Å². The van der Waals surface area contributed by atoms with Crippen LogP contribution in [0, 0.1) is 11.8 Å². The third-order valence-electron chi connectivity index (χ3n) is 3.24. The quantitative estimate of drug-likeness (QED) is 0.581. The molecule has 1 aliphatic rings. The van der Waals surface area contributed by atoms with E-state index in [9.17, 15) is 9.59 Å². The van der Waals surface area contributed by atoms with E-state index in [1.165, 1.54) is 0 Å². The Balaban J connectivity index is 2.21. The molecule has 0 aromatic rings. The van der Waals surface area contributed by atoms with E-state index in [-0.39, 0.29) is 23.8 Å². The van der Waals surface area contributed by atoms with E-state index in [0.29, 0.717) is 38.6 Å². The van der Waals surface area contributed by atoms with Crippen LogP contribution in [0.5, 0.6) is 0 Å². The van der Waals surface area contributed by atoms with Gasteiger partial charge in [0.15, 0.2) is 0 Å². The van der Waals surface area contributed by atoms with Crippen LogP contribution in [-0.4, -0.2) is 50.7 Å². The van der Waals surface area contributed by atoms with Crippen LogP contribution < -0.4 is 16.0 Å². The highest BCUT2D eigenvalue weighted by molar-refractivity contribution is 5.81. The summed E-state index contributed by atoms with van der Waals surface area (Å²) in [5, 5.41) is 8.88. The van der Waals surface area contributed by atoms with Gasteiger partial charge in [0.25, 0.3) is 0 Å². The molecule has 6 heteroatoms. The Bertz CT molecular complexity index is 321. The molecule has 1 heterocycles. The average Bonchev–Trinajstić information content (AvgIpc) is 2.85. The molecule has 1 aliphatic heterocycles. The molecule has 2 amide bonds. The topological polar surface area (TPSA) is 79.5 Å². The normalized spacial score (nSPS) is 22.0. The van der Waals surface area contributed by atoms with Gasteiger partial charge >= 0.3 is 0 Å². The Kier molecular flexibility index (Phi) is 7.54. The second-order valence-corrected chi connectivity index (χ2v) is 5.55. The van der Waals surface area contributed by atoms with Crippen LogP contribution in [0.1, 0.15) is 27.2 Å². The van der Waals surface area contributed by atoms with Crippen molar-refractivity contribution in [1.82, 2.24) is 16.0 Å². The van der Waals surface area contributed by atoms with E-state index in [1.54, 1.807) is 0 Å². The molecule has 0 aliphatic carbocycles. The second kappa shape index (κ2) is 8.92. The maximum Gasteiger partial charge on any atom is 0.227 e. The van der Waals surface area contributed by atoms with Crippen molar-refractivity contribution in [2.75, 3.05) is 32.8 Å². The van der Waals surface area contributed by atoms with E-state index < -0.39 is 0 Å². The van der Waals surface area contributed by atoms with Crippen molar-refractivity contribution in [3.05, 3.63) is 0 Å². The molecule has 0 bridgehead atoms. The number of likely N-dealkylation sites (N-methyl/N-ethyl adjacent to an activating group) is 1. The Morgan fingerprint density at radius 3 is 2.65 bits per heavy atom. The summed E-state index contributed by atoms with van der Waals surface area (Å²) in [5.74, 6) is 0.216. The molecule has 6 nitrogen and oxygen atoms in total. The minimum Gasteiger partial charge on any atom is -0.379 e. The highest BCUT2D eigenvalue weighted by Gasteiger charge is 2.33. The first-order chi connectivity index (χ1) is 9.54. The average molecular weight is 285 g/mol. The third kappa shape index (κ3) is 5.88. The van der Waals surface area contributed by atoms with Crippen molar-refractivity contribution >= 4 is 11.8 Å². The fourth-order valence-corrected chi connectivity index (χ4v) is 2.11. The summed E-state index contributed by atoms with van der Waals surface area (Å²) in [7, 11) is 0. The third-order valence-corrected chi connectivity index (χ3v) is 3.24.